The molecule has 2 rings (SSSR count). The van der Waals surface area contributed by atoms with Crippen molar-refractivity contribution in [1.29, 1.82) is 0 Å². The van der Waals surface area contributed by atoms with Gasteiger partial charge in [-0.05, 0) is 30.0 Å². The summed E-state index contributed by atoms with van der Waals surface area (Å²) in [6.45, 7) is 0. The van der Waals surface area contributed by atoms with Crippen molar-refractivity contribution in [3.8, 4) is 10.6 Å². The molecule has 2 heterocycles. The molecule has 0 N–H and O–H groups in total. The summed E-state index contributed by atoms with van der Waals surface area (Å²) in [6.07, 6.45) is 1.29. The van der Waals surface area contributed by atoms with Gasteiger partial charge in [-0.2, -0.15) is 8.78 Å². The van der Waals surface area contributed by atoms with Crippen LogP contribution in [0.5, 0.6) is 0 Å². The zero-order chi connectivity index (χ0) is 12.8. The molecular weight excluding hydrogens is 274 g/mol. The molecule has 0 aliphatic heterocycles. The van der Waals surface area contributed by atoms with Crippen LogP contribution in [0.2, 0.25) is 0 Å². The van der Waals surface area contributed by atoms with Crippen LogP contribution in [0.3, 0.4) is 0 Å². The van der Waals surface area contributed by atoms with E-state index in [2.05, 4.69) is 9.97 Å². The SMILES string of the molecule is FC(F)=CCCSc1nccc(-c2cccs2)n1. The second kappa shape index (κ2) is 6.61. The lowest BCUT2D eigenvalue weighted by Crippen LogP contribution is -1.89. The summed E-state index contributed by atoms with van der Waals surface area (Å²) in [4.78, 5) is 9.58. The monoisotopic (exact) mass is 284 g/mol. The molecule has 18 heavy (non-hydrogen) atoms. The second-order valence-electron chi connectivity index (χ2n) is 3.33. The van der Waals surface area contributed by atoms with E-state index in [1.165, 1.54) is 11.8 Å². The molecule has 0 atom stereocenters. The Morgan fingerprint density at radius 1 is 1.39 bits per heavy atom. The molecule has 0 bridgehead atoms. The summed E-state index contributed by atoms with van der Waals surface area (Å²) in [5.74, 6) is 0.547. The van der Waals surface area contributed by atoms with Gasteiger partial charge in [0.25, 0.3) is 6.08 Å². The summed E-state index contributed by atoms with van der Waals surface area (Å²) in [5, 5.41) is 2.60. The molecule has 0 saturated heterocycles. The predicted molar refractivity (Wildman–Crippen MR) is 71.0 cm³/mol. The summed E-state index contributed by atoms with van der Waals surface area (Å²) in [6, 6.07) is 5.80. The molecule has 0 aliphatic rings. The molecule has 2 nitrogen and oxygen atoms in total. The van der Waals surface area contributed by atoms with Gasteiger partial charge < -0.3 is 0 Å². The van der Waals surface area contributed by atoms with Crippen LogP contribution in [-0.4, -0.2) is 15.7 Å². The van der Waals surface area contributed by atoms with Crippen LogP contribution in [0.4, 0.5) is 8.78 Å². The fourth-order valence-electron chi connectivity index (χ4n) is 1.29. The van der Waals surface area contributed by atoms with Crippen molar-refractivity contribution >= 4 is 23.1 Å². The van der Waals surface area contributed by atoms with Crippen molar-refractivity contribution in [3.63, 3.8) is 0 Å². The molecule has 0 fully saturated rings. The van der Waals surface area contributed by atoms with E-state index in [4.69, 9.17) is 0 Å². The van der Waals surface area contributed by atoms with Crippen molar-refractivity contribution in [2.45, 2.75) is 11.6 Å². The summed E-state index contributed by atoms with van der Waals surface area (Å²) >= 11 is 2.99. The number of thiophene rings is 1. The number of allylic oxidation sites excluding steroid dienone is 1. The van der Waals surface area contributed by atoms with Gasteiger partial charge in [-0.25, -0.2) is 9.97 Å². The van der Waals surface area contributed by atoms with Gasteiger partial charge in [0.2, 0.25) is 0 Å². The van der Waals surface area contributed by atoms with Gasteiger partial charge in [-0.15, -0.1) is 11.3 Å². The van der Waals surface area contributed by atoms with Crippen LogP contribution < -0.4 is 0 Å². The summed E-state index contributed by atoms with van der Waals surface area (Å²) < 4.78 is 23.7. The van der Waals surface area contributed by atoms with Crippen molar-refractivity contribution < 1.29 is 8.78 Å². The molecule has 0 aliphatic carbocycles. The van der Waals surface area contributed by atoms with E-state index in [0.29, 0.717) is 17.3 Å². The van der Waals surface area contributed by atoms with E-state index >= 15 is 0 Å². The zero-order valence-corrected chi connectivity index (χ0v) is 11.0. The summed E-state index contributed by atoms with van der Waals surface area (Å²) in [7, 11) is 0. The first-order valence-corrected chi connectivity index (χ1v) is 7.13. The molecule has 0 saturated carbocycles. The Hall–Kier alpha value is -1.27. The van der Waals surface area contributed by atoms with Crippen LogP contribution in [0.15, 0.2) is 47.1 Å². The van der Waals surface area contributed by atoms with Crippen LogP contribution in [-0.2, 0) is 0 Å². The van der Waals surface area contributed by atoms with E-state index in [9.17, 15) is 8.78 Å². The third-order valence-corrected chi connectivity index (χ3v) is 3.84. The molecule has 0 unspecified atom stereocenters. The van der Waals surface area contributed by atoms with Crippen molar-refractivity contribution in [2.24, 2.45) is 0 Å². The maximum Gasteiger partial charge on any atom is 0.266 e. The Morgan fingerprint density at radius 3 is 3.00 bits per heavy atom. The lowest BCUT2D eigenvalue weighted by Gasteiger charge is -2.00. The fourth-order valence-corrected chi connectivity index (χ4v) is 2.70. The minimum atomic E-state index is -1.64. The van der Waals surface area contributed by atoms with Gasteiger partial charge in [-0.1, -0.05) is 17.8 Å². The summed E-state index contributed by atoms with van der Waals surface area (Å²) in [5.41, 5.74) is 0.870. The van der Waals surface area contributed by atoms with Crippen LogP contribution in [0.1, 0.15) is 6.42 Å². The topological polar surface area (TPSA) is 25.8 Å². The van der Waals surface area contributed by atoms with Crippen molar-refractivity contribution in [2.75, 3.05) is 5.75 Å². The lowest BCUT2D eigenvalue weighted by molar-refractivity contribution is 0.418. The number of halogens is 2. The maximum absolute atomic E-state index is 11.8. The highest BCUT2D eigenvalue weighted by atomic mass is 32.2. The third kappa shape index (κ3) is 3.89. The average molecular weight is 284 g/mol. The minimum Gasteiger partial charge on any atom is -0.231 e. The number of nitrogens with zero attached hydrogens (tertiary/aromatic N) is 2. The van der Waals surface area contributed by atoms with E-state index < -0.39 is 6.08 Å². The van der Waals surface area contributed by atoms with Crippen LogP contribution in [0.25, 0.3) is 10.6 Å². The Morgan fingerprint density at radius 2 is 2.28 bits per heavy atom. The van der Waals surface area contributed by atoms with Gasteiger partial charge in [0.1, 0.15) is 0 Å². The van der Waals surface area contributed by atoms with Crippen molar-refractivity contribution in [1.82, 2.24) is 9.97 Å². The maximum atomic E-state index is 11.8. The highest BCUT2D eigenvalue weighted by Crippen LogP contribution is 2.24. The van der Waals surface area contributed by atoms with Crippen LogP contribution >= 0.6 is 23.1 Å². The standard InChI is InChI=1S/C12H10F2N2S2/c13-11(14)4-2-8-18-12-15-6-5-9(16-12)10-3-1-7-17-10/h1,3-7H,2,8H2. The van der Waals surface area contributed by atoms with E-state index in [0.717, 1.165) is 16.6 Å². The first kappa shape index (κ1) is 13.2. The Balaban J connectivity index is 1.98. The first-order valence-electron chi connectivity index (χ1n) is 5.26. The predicted octanol–water partition coefficient (Wildman–Crippen LogP) is 4.47. The minimum absolute atomic E-state index is 0.319. The molecule has 0 radical (unpaired) electrons. The Labute approximate surface area is 112 Å². The molecule has 94 valence electrons. The number of rotatable bonds is 5. The molecule has 2 aromatic heterocycles. The number of hydrogen-bond acceptors (Lipinski definition) is 4. The van der Waals surface area contributed by atoms with Crippen molar-refractivity contribution in [3.05, 3.63) is 41.9 Å². The number of hydrogen-bond donors (Lipinski definition) is 0. The molecule has 0 aromatic carbocycles. The third-order valence-electron chi connectivity index (χ3n) is 2.05. The highest BCUT2D eigenvalue weighted by molar-refractivity contribution is 7.99. The van der Waals surface area contributed by atoms with E-state index in [-0.39, 0.29) is 0 Å². The Bertz CT molecular complexity index is 523. The molecule has 0 spiro atoms. The largest absolute Gasteiger partial charge is 0.266 e. The van der Waals surface area contributed by atoms with Gasteiger partial charge in [0.05, 0.1) is 10.6 Å². The highest BCUT2D eigenvalue weighted by Gasteiger charge is 2.03. The first-order chi connectivity index (χ1) is 8.75. The second-order valence-corrected chi connectivity index (χ2v) is 5.34. The fraction of sp³-hybridized carbons (Fsp3) is 0.167. The smallest absolute Gasteiger partial charge is 0.231 e. The van der Waals surface area contributed by atoms with Gasteiger partial charge in [0.15, 0.2) is 5.16 Å². The van der Waals surface area contributed by atoms with Gasteiger partial charge in [0, 0.05) is 11.9 Å². The number of aromatic nitrogens is 2. The molecular formula is C12H10F2N2S2. The van der Waals surface area contributed by atoms with E-state index in [1.54, 1.807) is 17.5 Å². The normalized spacial score (nSPS) is 10.3. The Kier molecular flexibility index (Phi) is 4.83. The average Bonchev–Trinajstić information content (AvgIpc) is 2.89. The van der Waals surface area contributed by atoms with Gasteiger partial charge in [-0.3, -0.25) is 0 Å². The molecule has 6 heteroatoms. The number of thioether (sulfide) groups is 1. The lowest BCUT2D eigenvalue weighted by atomic mass is 10.3. The van der Waals surface area contributed by atoms with Crippen LogP contribution in [0, 0.1) is 0 Å². The molecule has 0 amide bonds. The zero-order valence-electron chi connectivity index (χ0n) is 9.35. The van der Waals surface area contributed by atoms with E-state index in [1.807, 2.05) is 23.6 Å². The van der Waals surface area contributed by atoms with Gasteiger partial charge >= 0.3 is 0 Å². The quantitative estimate of drug-likeness (QED) is 0.460. The molecule has 2 aromatic rings.